The van der Waals surface area contributed by atoms with E-state index in [-0.39, 0.29) is 18.1 Å². The smallest absolute Gasteiger partial charge is 0.308 e. The first-order valence-electron chi connectivity index (χ1n) is 5.97. The number of hydrogen-bond donors (Lipinski definition) is 1. The zero-order chi connectivity index (χ0) is 12.2. The van der Waals surface area contributed by atoms with Gasteiger partial charge in [-0.2, -0.15) is 0 Å². The quantitative estimate of drug-likeness (QED) is 0.744. The lowest BCUT2D eigenvalue weighted by molar-refractivity contribution is -0.156. The van der Waals surface area contributed by atoms with Gasteiger partial charge in [-0.1, -0.05) is 0 Å². The SMILES string of the molecule is CC(C)(C)OC(=O)CCO[C@@H]1CCC[C@H]1N. The Morgan fingerprint density at radius 2 is 2.06 bits per heavy atom. The molecule has 0 aromatic carbocycles. The van der Waals surface area contributed by atoms with Crippen LogP contribution in [0.15, 0.2) is 0 Å². The molecule has 16 heavy (non-hydrogen) atoms. The second kappa shape index (κ2) is 5.64. The van der Waals surface area contributed by atoms with E-state index in [1.54, 1.807) is 0 Å². The molecule has 0 spiro atoms. The lowest BCUT2D eigenvalue weighted by atomic mass is 10.2. The number of nitrogens with two attached hydrogens (primary N) is 1. The monoisotopic (exact) mass is 229 g/mol. The van der Waals surface area contributed by atoms with Crippen LogP contribution >= 0.6 is 0 Å². The zero-order valence-electron chi connectivity index (χ0n) is 10.5. The van der Waals surface area contributed by atoms with Crippen LogP contribution in [0.3, 0.4) is 0 Å². The lowest BCUT2D eigenvalue weighted by Crippen LogP contribution is -2.32. The van der Waals surface area contributed by atoms with E-state index >= 15 is 0 Å². The van der Waals surface area contributed by atoms with Crippen molar-refractivity contribution in [2.45, 2.75) is 64.2 Å². The molecule has 0 radical (unpaired) electrons. The van der Waals surface area contributed by atoms with Crippen molar-refractivity contribution in [2.75, 3.05) is 6.61 Å². The van der Waals surface area contributed by atoms with Gasteiger partial charge in [-0.25, -0.2) is 0 Å². The van der Waals surface area contributed by atoms with Gasteiger partial charge in [0.1, 0.15) is 5.60 Å². The number of esters is 1. The number of rotatable bonds is 4. The Kier molecular flexibility index (Phi) is 4.74. The molecule has 0 saturated heterocycles. The summed E-state index contributed by atoms with van der Waals surface area (Å²) in [7, 11) is 0. The molecule has 1 rings (SSSR count). The summed E-state index contributed by atoms with van der Waals surface area (Å²) in [5, 5.41) is 0. The minimum absolute atomic E-state index is 0.127. The number of carbonyl (C=O) groups excluding carboxylic acids is 1. The van der Waals surface area contributed by atoms with Gasteiger partial charge < -0.3 is 15.2 Å². The summed E-state index contributed by atoms with van der Waals surface area (Å²) in [6.07, 6.45) is 3.59. The summed E-state index contributed by atoms with van der Waals surface area (Å²) in [4.78, 5) is 11.4. The maximum absolute atomic E-state index is 11.4. The Hall–Kier alpha value is -0.610. The van der Waals surface area contributed by atoms with Crippen molar-refractivity contribution in [3.05, 3.63) is 0 Å². The highest BCUT2D eigenvalue weighted by atomic mass is 16.6. The molecule has 0 aliphatic heterocycles. The van der Waals surface area contributed by atoms with Gasteiger partial charge in [-0.15, -0.1) is 0 Å². The summed E-state index contributed by atoms with van der Waals surface area (Å²) < 4.78 is 10.8. The summed E-state index contributed by atoms with van der Waals surface area (Å²) in [5.41, 5.74) is 5.44. The second-order valence-electron chi connectivity index (χ2n) is 5.34. The molecule has 1 aliphatic carbocycles. The van der Waals surface area contributed by atoms with Crippen LogP contribution in [0.2, 0.25) is 0 Å². The first-order chi connectivity index (χ1) is 7.38. The third kappa shape index (κ3) is 4.94. The maximum atomic E-state index is 11.4. The number of hydrogen-bond acceptors (Lipinski definition) is 4. The minimum Gasteiger partial charge on any atom is -0.460 e. The van der Waals surface area contributed by atoms with E-state index in [1.165, 1.54) is 0 Å². The van der Waals surface area contributed by atoms with Crippen LogP contribution in [0, 0.1) is 0 Å². The van der Waals surface area contributed by atoms with Gasteiger partial charge in [0.15, 0.2) is 0 Å². The van der Waals surface area contributed by atoms with Crippen molar-refractivity contribution in [3.8, 4) is 0 Å². The van der Waals surface area contributed by atoms with Crippen LogP contribution < -0.4 is 5.73 Å². The molecule has 0 bridgehead atoms. The molecule has 0 aromatic rings. The van der Waals surface area contributed by atoms with Crippen LogP contribution in [-0.4, -0.2) is 30.3 Å². The second-order valence-corrected chi connectivity index (χ2v) is 5.34. The van der Waals surface area contributed by atoms with E-state index in [0.717, 1.165) is 19.3 Å². The van der Waals surface area contributed by atoms with E-state index in [4.69, 9.17) is 15.2 Å². The van der Waals surface area contributed by atoms with Crippen LogP contribution in [0.4, 0.5) is 0 Å². The standard InChI is InChI=1S/C12H23NO3/c1-12(2,3)16-11(14)7-8-15-10-6-4-5-9(10)13/h9-10H,4-8,13H2,1-3H3/t9-,10-/m1/s1. The Balaban J connectivity index is 2.13. The average Bonchev–Trinajstić information content (AvgIpc) is 2.48. The highest BCUT2D eigenvalue weighted by Gasteiger charge is 2.24. The topological polar surface area (TPSA) is 61.5 Å². The third-order valence-electron chi connectivity index (χ3n) is 2.56. The summed E-state index contributed by atoms with van der Waals surface area (Å²) >= 11 is 0. The van der Waals surface area contributed by atoms with E-state index in [1.807, 2.05) is 20.8 Å². The average molecular weight is 229 g/mol. The van der Waals surface area contributed by atoms with Crippen LogP contribution in [-0.2, 0) is 14.3 Å². The van der Waals surface area contributed by atoms with Crippen LogP contribution in [0.1, 0.15) is 46.5 Å². The van der Waals surface area contributed by atoms with Gasteiger partial charge in [0.05, 0.1) is 19.1 Å². The first-order valence-corrected chi connectivity index (χ1v) is 5.97. The maximum Gasteiger partial charge on any atom is 0.308 e. The fraction of sp³-hybridized carbons (Fsp3) is 0.917. The summed E-state index contributed by atoms with van der Waals surface area (Å²) in [5.74, 6) is -0.209. The molecule has 2 atom stereocenters. The van der Waals surface area contributed by atoms with E-state index in [2.05, 4.69) is 0 Å². The Morgan fingerprint density at radius 1 is 1.38 bits per heavy atom. The van der Waals surface area contributed by atoms with Crippen LogP contribution in [0.5, 0.6) is 0 Å². The molecule has 1 fully saturated rings. The van der Waals surface area contributed by atoms with E-state index in [0.29, 0.717) is 13.0 Å². The molecule has 1 saturated carbocycles. The minimum atomic E-state index is -0.416. The van der Waals surface area contributed by atoms with Gasteiger partial charge in [0.2, 0.25) is 0 Å². The molecule has 0 unspecified atom stereocenters. The molecule has 0 amide bonds. The van der Waals surface area contributed by atoms with Gasteiger partial charge in [-0.3, -0.25) is 4.79 Å². The molecule has 0 aromatic heterocycles. The zero-order valence-corrected chi connectivity index (χ0v) is 10.5. The molecule has 94 valence electrons. The van der Waals surface area contributed by atoms with Crippen molar-refractivity contribution >= 4 is 5.97 Å². The predicted molar refractivity (Wildman–Crippen MR) is 62.0 cm³/mol. The molecule has 4 nitrogen and oxygen atoms in total. The summed E-state index contributed by atoms with van der Waals surface area (Å²) in [6.45, 7) is 5.99. The predicted octanol–water partition coefficient (Wildman–Crippen LogP) is 1.61. The molecule has 4 heteroatoms. The van der Waals surface area contributed by atoms with Crippen molar-refractivity contribution in [1.29, 1.82) is 0 Å². The van der Waals surface area contributed by atoms with Crippen molar-refractivity contribution in [3.63, 3.8) is 0 Å². The van der Waals surface area contributed by atoms with Crippen molar-refractivity contribution in [2.24, 2.45) is 5.73 Å². The van der Waals surface area contributed by atoms with Gasteiger partial charge in [-0.05, 0) is 40.0 Å². The Morgan fingerprint density at radius 3 is 2.56 bits per heavy atom. The van der Waals surface area contributed by atoms with Crippen LogP contribution in [0.25, 0.3) is 0 Å². The first kappa shape index (κ1) is 13.5. The molecular formula is C12H23NO3. The Labute approximate surface area is 97.5 Å². The molecule has 0 heterocycles. The Bertz CT molecular complexity index is 235. The fourth-order valence-corrected chi connectivity index (χ4v) is 1.85. The lowest BCUT2D eigenvalue weighted by Gasteiger charge is -2.20. The van der Waals surface area contributed by atoms with Gasteiger partial charge in [0.25, 0.3) is 0 Å². The number of ether oxygens (including phenoxy) is 2. The largest absolute Gasteiger partial charge is 0.460 e. The van der Waals surface area contributed by atoms with Gasteiger partial charge in [0, 0.05) is 6.04 Å². The van der Waals surface area contributed by atoms with Crippen molar-refractivity contribution in [1.82, 2.24) is 0 Å². The molecule has 2 N–H and O–H groups in total. The number of carbonyl (C=O) groups is 1. The third-order valence-corrected chi connectivity index (χ3v) is 2.56. The fourth-order valence-electron chi connectivity index (χ4n) is 1.85. The van der Waals surface area contributed by atoms with E-state index < -0.39 is 5.60 Å². The summed E-state index contributed by atoms with van der Waals surface area (Å²) in [6, 6.07) is 0.138. The molecule has 1 aliphatic rings. The van der Waals surface area contributed by atoms with Gasteiger partial charge >= 0.3 is 5.97 Å². The normalized spacial score (nSPS) is 25.8. The van der Waals surface area contributed by atoms with E-state index in [9.17, 15) is 4.79 Å². The highest BCUT2D eigenvalue weighted by molar-refractivity contribution is 5.69. The highest BCUT2D eigenvalue weighted by Crippen LogP contribution is 2.20. The molecular weight excluding hydrogens is 206 g/mol. The van der Waals surface area contributed by atoms with Crippen molar-refractivity contribution < 1.29 is 14.3 Å².